The van der Waals surface area contributed by atoms with Crippen LogP contribution in [-0.4, -0.2) is 33.9 Å². The lowest BCUT2D eigenvalue weighted by molar-refractivity contribution is -0.119. The zero-order chi connectivity index (χ0) is 20.2. The van der Waals surface area contributed by atoms with Crippen LogP contribution < -0.4 is 5.32 Å². The average Bonchev–Trinajstić information content (AvgIpc) is 3.46. The summed E-state index contributed by atoms with van der Waals surface area (Å²) in [5.74, 6) is -0.497. The predicted octanol–water partition coefficient (Wildman–Crippen LogP) is 3.59. The Balaban J connectivity index is 1.57. The van der Waals surface area contributed by atoms with Gasteiger partial charge in [-0.15, -0.1) is 0 Å². The maximum Gasteiger partial charge on any atom is 0.255 e. The second-order valence-corrected chi connectivity index (χ2v) is 6.91. The monoisotopic (exact) mass is 384 g/mol. The molecule has 1 aliphatic rings. The molecule has 0 unspecified atom stereocenters. The highest BCUT2D eigenvalue weighted by Gasteiger charge is 2.35. The predicted molar refractivity (Wildman–Crippen MR) is 110 cm³/mol. The lowest BCUT2D eigenvalue weighted by Gasteiger charge is -2.25. The Kier molecular flexibility index (Phi) is 5.12. The molecular formula is C23H20N4O2. The normalized spacial score (nSPS) is 15.7. The Morgan fingerprint density at radius 2 is 1.72 bits per heavy atom. The molecule has 2 amide bonds. The van der Waals surface area contributed by atoms with Gasteiger partial charge in [-0.3, -0.25) is 9.59 Å². The molecule has 6 nitrogen and oxygen atoms in total. The molecule has 6 heteroatoms. The smallest absolute Gasteiger partial charge is 0.255 e. The molecule has 0 aliphatic carbocycles. The molecule has 29 heavy (non-hydrogen) atoms. The molecule has 1 saturated heterocycles. The van der Waals surface area contributed by atoms with Crippen LogP contribution in [0.4, 0.5) is 5.69 Å². The molecule has 1 aromatic heterocycles. The van der Waals surface area contributed by atoms with Crippen molar-refractivity contribution in [1.82, 2.24) is 9.47 Å². The Labute approximate surface area is 169 Å². The summed E-state index contributed by atoms with van der Waals surface area (Å²) in [5.41, 5.74) is 2.20. The average molecular weight is 384 g/mol. The van der Waals surface area contributed by atoms with E-state index >= 15 is 0 Å². The van der Waals surface area contributed by atoms with Crippen molar-refractivity contribution in [1.29, 1.82) is 5.26 Å². The number of hydrogen-bond donors (Lipinski definition) is 1. The topological polar surface area (TPSA) is 78.1 Å². The van der Waals surface area contributed by atoms with Crippen molar-refractivity contribution >= 4 is 17.5 Å². The van der Waals surface area contributed by atoms with Gasteiger partial charge in [0.05, 0.1) is 28.6 Å². The Bertz CT molecular complexity index is 1080. The van der Waals surface area contributed by atoms with E-state index in [1.165, 1.54) is 0 Å². The van der Waals surface area contributed by atoms with E-state index in [0.29, 0.717) is 29.8 Å². The van der Waals surface area contributed by atoms with Crippen molar-refractivity contribution in [2.75, 3.05) is 11.9 Å². The first-order chi connectivity index (χ1) is 14.2. The number of benzene rings is 2. The third-order valence-corrected chi connectivity index (χ3v) is 5.14. The minimum absolute atomic E-state index is 0.218. The highest BCUT2D eigenvalue weighted by atomic mass is 16.2. The maximum absolute atomic E-state index is 13.1. The number of anilines is 1. The number of aromatic nitrogens is 1. The molecule has 4 rings (SSSR count). The van der Waals surface area contributed by atoms with Gasteiger partial charge in [0.25, 0.3) is 5.91 Å². The highest BCUT2D eigenvalue weighted by Crippen LogP contribution is 2.25. The second kappa shape index (κ2) is 8.03. The van der Waals surface area contributed by atoms with Gasteiger partial charge >= 0.3 is 0 Å². The van der Waals surface area contributed by atoms with Crippen LogP contribution in [0.25, 0.3) is 5.69 Å². The van der Waals surface area contributed by atoms with Crippen molar-refractivity contribution in [2.45, 2.75) is 18.9 Å². The number of nitriles is 1. The SMILES string of the molecule is N#Cc1ccccc1C(=O)N1CCC[C@H]1C(=O)Nc1ccccc1-n1cccc1. The van der Waals surface area contributed by atoms with Crippen LogP contribution in [0.3, 0.4) is 0 Å². The van der Waals surface area contributed by atoms with Gasteiger partial charge in [0.15, 0.2) is 0 Å². The van der Waals surface area contributed by atoms with E-state index in [9.17, 15) is 14.9 Å². The van der Waals surface area contributed by atoms with E-state index in [4.69, 9.17) is 0 Å². The van der Waals surface area contributed by atoms with Crippen LogP contribution in [0.5, 0.6) is 0 Å². The third kappa shape index (κ3) is 3.63. The van der Waals surface area contributed by atoms with E-state index in [2.05, 4.69) is 11.4 Å². The first kappa shape index (κ1) is 18.5. The van der Waals surface area contributed by atoms with Crippen molar-refractivity contribution < 1.29 is 9.59 Å². The van der Waals surface area contributed by atoms with E-state index in [1.807, 2.05) is 53.4 Å². The number of carbonyl (C=O) groups excluding carboxylic acids is 2. The van der Waals surface area contributed by atoms with E-state index in [-0.39, 0.29) is 11.8 Å². The summed E-state index contributed by atoms with van der Waals surface area (Å²) in [6.07, 6.45) is 5.17. The Morgan fingerprint density at radius 1 is 1.00 bits per heavy atom. The molecule has 0 radical (unpaired) electrons. The fraction of sp³-hybridized carbons (Fsp3) is 0.174. The summed E-state index contributed by atoms with van der Waals surface area (Å²) in [6.45, 7) is 0.496. The van der Waals surface area contributed by atoms with E-state index in [1.54, 1.807) is 29.2 Å². The van der Waals surface area contributed by atoms with Gasteiger partial charge in [-0.05, 0) is 49.2 Å². The van der Waals surface area contributed by atoms with Gasteiger partial charge in [-0.1, -0.05) is 24.3 Å². The molecule has 1 N–H and O–H groups in total. The number of hydrogen-bond acceptors (Lipinski definition) is 3. The van der Waals surface area contributed by atoms with Gasteiger partial charge in [-0.25, -0.2) is 0 Å². The van der Waals surface area contributed by atoms with Gasteiger partial charge in [0.1, 0.15) is 6.04 Å². The minimum Gasteiger partial charge on any atom is -0.327 e. The van der Waals surface area contributed by atoms with Crippen LogP contribution >= 0.6 is 0 Å². The summed E-state index contributed by atoms with van der Waals surface area (Å²) in [6, 6.07) is 19.6. The van der Waals surface area contributed by atoms with Crippen LogP contribution in [0.2, 0.25) is 0 Å². The number of para-hydroxylation sites is 2. The quantitative estimate of drug-likeness (QED) is 0.747. The van der Waals surface area contributed by atoms with Crippen LogP contribution in [0, 0.1) is 11.3 Å². The molecule has 0 saturated carbocycles. The Morgan fingerprint density at radius 3 is 2.52 bits per heavy atom. The maximum atomic E-state index is 13.1. The van der Waals surface area contributed by atoms with Crippen LogP contribution in [0.15, 0.2) is 73.1 Å². The van der Waals surface area contributed by atoms with Crippen LogP contribution in [0.1, 0.15) is 28.8 Å². The van der Waals surface area contributed by atoms with Crippen molar-refractivity contribution in [2.24, 2.45) is 0 Å². The molecule has 0 bridgehead atoms. The molecule has 2 aromatic carbocycles. The second-order valence-electron chi connectivity index (χ2n) is 6.91. The van der Waals surface area contributed by atoms with Gasteiger partial charge in [-0.2, -0.15) is 5.26 Å². The number of carbonyl (C=O) groups is 2. The lowest BCUT2D eigenvalue weighted by Crippen LogP contribution is -2.43. The van der Waals surface area contributed by atoms with E-state index < -0.39 is 6.04 Å². The first-order valence-electron chi connectivity index (χ1n) is 9.52. The minimum atomic E-state index is -0.563. The number of rotatable bonds is 4. The van der Waals surface area contributed by atoms with Gasteiger partial charge < -0.3 is 14.8 Å². The molecule has 3 aromatic rings. The standard InChI is InChI=1S/C23H20N4O2/c24-16-17-8-1-2-9-18(17)23(29)27-15-7-12-21(27)22(28)25-19-10-3-4-11-20(19)26-13-5-6-14-26/h1-6,8-11,13-14,21H,7,12,15H2,(H,25,28)/t21-/m0/s1. The van der Waals surface area contributed by atoms with Crippen LogP contribution in [-0.2, 0) is 4.79 Å². The van der Waals surface area contributed by atoms with Crippen molar-refractivity contribution in [3.63, 3.8) is 0 Å². The summed E-state index contributed by atoms with van der Waals surface area (Å²) < 4.78 is 1.93. The van der Waals surface area contributed by atoms with Crippen molar-refractivity contribution in [3.05, 3.63) is 84.2 Å². The molecule has 0 spiro atoms. The molecule has 144 valence electrons. The summed E-state index contributed by atoms with van der Waals surface area (Å²) in [7, 11) is 0. The first-order valence-corrected chi connectivity index (χ1v) is 9.52. The lowest BCUT2D eigenvalue weighted by atomic mass is 10.1. The molecule has 1 atom stereocenters. The summed E-state index contributed by atoms with van der Waals surface area (Å²) >= 11 is 0. The van der Waals surface area contributed by atoms with Gasteiger partial charge in [0, 0.05) is 18.9 Å². The fourth-order valence-corrected chi connectivity index (χ4v) is 3.72. The zero-order valence-corrected chi connectivity index (χ0v) is 15.8. The highest BCUT2D eigenvalue weighted by molar-refractivity contribution is 6.03. The van der Waals surface area contributed by atoms with E-state index in [0.717, 1.165) is 12.1 Å². The molecule has 1 fully saturated rings. The molecular weight excluding hydrogens is 364 g/mol. The molecule has 1 aliphatic heterocycles. The zero-order valence-electron chi connectivity index (χ0n) is 15.8. The number of nitrogens with zero attached hydrogens (tertiary/aromatic N) is 3. The summed E-state index contributed by atoms with van der Waals surface area (Å²) in [5, 5.41) is 12.3. The molecule has 2 heterocycles. The number of amides is 2. The van der Waals surface area contributed by atoms with Gasteiger partial charge in [0.2, 0.25) is 5.91 Å². The summed E-state index contributed by atoms with van der Waals surface area (Å²) in [4.78, 5) is 27.7. The fourth-order valence-electron chi connectivity index (χ4n) is 3.72. The largest absolute Gasteiger partial charge is 0.327 e. The number of likely N-dealkylation sites (tertiary alicyclic amines) is 1. The Hall–Kier alpha value is -3.85. The van der Waals surface area contributed by atoms with Crippen molar-refractivity contribution in [3.8, 4) is 11.8 Å². The number of nitrogens with one attached hydrogen (secondary N) is 1. The third-order valence-electron chi connectivity index (χ3n) is 5.14.